The molecule has 2 nitrogen and oxygen atoms in total. The topological polar surface area (TPSA) is 24.9 Å². The van der Waals surface area contributed by atoms with Crippen LogP contribution in [0.25, 0.3) is 10.8 Å². The second-order valence-electron chi connectivity index (χ2n) is 5.37. The zero-order valence-corrected chi connectivity index (χ0v) is 13.5. The molecule has 108 valence electrons. The SMILES string of the molecule is CNC(Cc1cccc2ccccc12)c1sc(C)nc1C. The number of nitrogens with zero attached hydrogens (tertiary/aromatic N) is 1. The van der Waals surface area contributed by atoms with Crippen molar-refractivity contribution >= 4 is 22.1 Å². The predicted molar refractivity (Wildman–Crippen MR) is 91.0 cm³/mol. The summed E-state index contributed by atoms with van der Waals surface area (Å²) in [4.78, 5) is 5.91. The smallest absolute Gasteiger partial charge is 0.0900 e. The van der Waals surface area contributed by atoms with Gasteiger partial charge in [-0.2, -0.15) is 0 Å². The number of hydrogen-bond donors (Lipinski definition) is 1. The summed E-state index contributed by atoms with van der Waals surface area (Å²) in [5, 5.41) is 7.25. The highest BCUT2D eigenvalue weighted by molar-refractivity contribution is 7.11. The van der Waals surface area contributed by atoms with Gasteiger partial charge in [0, 0.05) is 10.9 Å². The molecule has 1 N–H and O–H groups in total. The molecule has 1 unspecified atom stereocenters. The van der Waals surface area contributed by atoms with E-state index in [0.29, 0.717) is 6.04 Å². The number of aromatic nitrogens is 1. The normalized spacial score (nSPS) is 12.7. The molecular formula is C18H20N2S. The fourth-order valence-electron chi connectivity index (χ4n) is 2.89. The Morgan fingerprint density at radius 1 is 1.10 bits per heavy atom. The molecule has 1 heterocycles. The number of nitrogens with one attached hydrogen (secondary N) is 1. The van der Waals surface area contributed by atoms with E-state index in [1.165, 1.54) is 21.2 Å². The zero-order chi connectivity index (χ0) is 14.8. The third-order valence-electron chi connectivity index (χ3n) is 3.91. The van der Waals surface area contributed by atoms with Crippen LogP contribution in [0.4, 0.5) is 0 Å². The van der Waals surface area contributed by atoms with Gasteiger partial charge in [0.2, 0.25) is 0 Å². The molecule has 21 heavy (non-hydrogen) atoms. The molecule has 1 atom stereocenters. The maximum Gasteiger partial charge on any atom is 0.0900 e. The van der Waals surface area contributed by atoms with Crippen molar-refractivity contribution in [3.63, 3.8) is 0 Å². The van der Waals surface area contributed by atoms with Crippen molar-refractivity contribution in [2.75, 3.05) is 7.05 Å². The zero-order valence-electron chi connectivity index (χ0n) is 12.7. The third kappa shape index (κ3) is 2.85. The van der Waals surface area contributed by atoms with E-state index in [0.717, 1.165) is 17.1 Å². The lowest BCUT2D eigenvalue weighted by Gasteiger charge is -2.16. The Labute approximate surface area is 129 Å². The summed E-state index contributed by atoms with van der Waals surface area (Å²) in [6.07, 6.45) is 0.986. The maximum atomic E-state index is 4.56. The van der Waals surface area contributed by atoms with Gasteiger partial charge in [0.25, 0.3) is 0 Å². The Hall–Kier alpha value is -1.71. The van der Waals surface area contributed by atoms with Gasteiger partial charge in [-0.25, -0.2) is 4.98 Å². The molecule has 2 aromatic carbocycles. The van der Waals surface area contributed by atoms with Gasteiger partial charge >= 0.3 is 0 Å². The highest BCUT2D eigenvalue weighted by Gasteiger charge is 2.17. The molecule has 0 spiro atoms. The van der Waals surface area contributed by atoms with Crippen molar-refractivity contribution in [2.45, 2.75) is 26.3 Å². The van der Waals surface area contributed by atoms with Gasteiger partial charge in [-0.1, -0.05) is 42.5 Å². The lowest BCUT2D eigenvalue weighted by molar-refractivity contribution is 0.599. The van der Waals surface area contributed by atoms with E-state index in [-0.39, 0.29) is 0 Å². The number of benzene rings is 2. The Morgan fingerprint density at radius 3 is 2.57 bits per heavy atom. The van der Waals surface area contributed by atoms with E-state index in [4.69, 9.17) is 0 Å². The fourth-order valence-corrected chi connectivity index (χ4v) is 3.92. The average molecular weight is 296 g/mol. The van der Waals surface area contributed by atoms with E-state index in [2.05, 4.69) is 66.6 Å². The first-order valence-electron chi connectivity index (χ1n) is 7.27. The lowest BCUT2D eigenvalue weighted by atomic mass is 9.98. The summed E-state index contributed by atoms with van der Waals surface area (Å²) in [6, 6.07) is 15.5. The van der Waals surface area contributed by atoms with E-state index >= 15 is 0 Å². The summed E-state index contributed by atoms with van der Waals surface area (Å²) < 4.78 is 0. The largest absolute Gasteiger partial charge is 0.312 e. The number of rotatable bonds is 4. The Kier molecular flexibility index (Phi) is 4.04. The molecule has 0 saturated carbocycles. The third-order valence-corrected chi connectivity index (χ3v) is 5.09. The van der Waals surface area contributed by atoms with Gasteiger partial charge in [0.05, 0.1) is 10.7 Å². The Morgan fingerprint density at radius 2 is 1.86 bits per heavy atom. The summed E-state index contributed by atoms with van der Waals surface area (Å²) in [5.41, 5.74) is 2.54. The standard InChI is InChI=1S/C18H20N2S/c1-12-18(21-13(2)20-12)17(19-3)11-15-9-6-8-14-7-4-5-10-16(14)15/h4-10,17,19H,11H2,1-3H3. The number of hydrogen-bond acceptors (Lipinski definition) is 3. The van der Waals surface area contributed by atoms with Gasteiger partial charge in [-0.15, -0.1) is 11.3 Å². The second-order valence-corrected chi connectivity index (χ2v) is 6.60. The molecule has 0 amide bonds. The van der Waals surface area contributed by atoms with Gasteiger partial charge in [-0.05, 0) is 43.7 Å². The van der Waals surface area contributed by atoms with Crippen molar-refractivity contribution in [3.05, 3.63) is 63.6 Å². The molecular weight excluding hydrogens is 276 g/mol. The molecule has 0 bridgehead atoms. The van der Waals surface area contributed by atoms with E-state index in [1.807, 2.05) is 7.05 Å². The van der Waals surface area contributed by atoms with E-state index < -0.39 is 0 Å². The molecule has 0 radical (unpaired) electrons. The van der Waals surface area contributed by atoms with Crippen molar-refractivity contribution in [3.8, 4) is 0 Å². The minimum absolute atomic E-state index is 0.321. The van der Waals surface area contributed by atoms with Gasteiger partial charge in [0.15, 0.2) is 0 Å². The fraction of sp³-hybridized carbons (Fsp3) is 0.278. The minimum atomic E-state index is 0.321. The monoisotopic (exact) mass is 296 g/mol. The quantitative estimate of drug-likeness (QED) is 0.771. The van der Waals surface area contributed by atoms with Crippen LogP contribution >= 0.6 is 11.3 Å². The molecule has 3 rings (SSSR count). The lowest BCUT2D eigenvalue weighted by Crippen LogP contribution is -2.18. The van der Waals surface area contributed by atoms with Crippen LogP contribution < -0.4 is 5.32 Å². The van der Waals surface area contributed by atoms with Crippen LogP contribution in [0.3, 0.4) is 0 Å². The number of fused-ring (bicyclic) bond motifs is 1. The number of thiazole rings is 1. The first kappa shape index (κ1) is 14.2. The van der Waals surface area contributed by atoms with Crippen LogP contribution in [0.2, 0.25) is 0 Å². The first-order chi connectivity index (χ1) is 10.2. The van der Waals surface area contributed by atoms with Crippen molar-refractivity contribution in [1.82, 2.24) is 10.3 Å². The molecule has 3 heteroatoms. The molecule has 0 fully saturated rings. The average Bonchev–Trinajstić information content (AvgIpc) is 2.83. The number of likely N-dealkylation sites (N-methyl/N-ethyl adjacent to an activating group) is 1. The molecule has 0 aliphatic rings. The van der Waals surface area contributed by atoms with Crippen molar-refractivity contribution < 1.29 is 0 Å². The summed E-state index contributed by atoms with van der Waals surface area (Å²) in [6.45, 7) is 4.18. The predicted octanol–water partition coefficient (Wildman–Crippen LogP) is 4.42. The summed E-state index contributed by atoms with van der Waals surface area (Å²) in [5.74, 6) is 0. The molecule has 0 aliphatic heterocycles. The Balaban J connectivity index is 1.98. The van der Waals surface area contributed by atoms with Crippen molar-refractivity contribution in [2.24, 2.45) is 0 Å². The van der Waals surface area contributed by atoms with E-state index in [9.17, 15) is 0 Å². The minimum Gasteiger partial charge on any atom is -0.312 e. The second kappa shape index (κ2) is 5.96. The summed E-state index contributed by atoms with van der Waals surface area (Å²) in [7, 11) is 2.03. The highest BCUT2D eigenvalue weighted by atomic mass is 32.1. The van der Waals surface area contributed by atoms with E-state index in [1.54, 1.807) is 11.3 Å². The molecule has 1 aromatic heterocycles. The number of aryl methyl sites for hydroxylation is 2. The van der Waals surface area contributed by atoms with Crippen LogP contribution in [-0.4, -0.2) is 12.0 Å². The van der Waals surface area contributed by atoms with Crippen LogP contribution in [0, 0.1) is 13.8 Å². The maximum absolute atomic E-state index is 4.56. The summed E-state index contributed by atoms with van der Waals surface area (Å²) >= 11 is 1.80. The van der Waals surface area contributed by atoms with Crippen LogP contribution in [-0.2, 0) is 6.42 Å². The Bertz CT molecular complexity index is 756. The van der Waals surface area contributed by atoms with Crippen LogP contribution in [0.15, 0.2) is 42.5 Å². The first-order valence-corrected chi connectivity index (χ1v) is 8.08. The van der Waals surface area contributed by atoms with Crippen molar-refractivity contribution in [1.29, 1.82) is 0 Å². The van der Waals surface area contributed by atoms with Crippen LogP contribution in [0.1, 0.15) is 27.2 Å². The van der Waals surface area contributed by atoms with Gasteiger partial charge < -0.3 is 5.32 Å². The van der Waals surface area contributed by atoms with Gasteiger partial charge in [0.1, 0.15) is 0 Å². The van der Waals surface area contributed by atoms with Crippen LogP contribution in [0.5, 0.6) is 0 Å². The van der Waals surface area contributed by atoms with Gasteiger partial charge in [-0.3, -0.25) is 0 Å². The highest BCUT2D eigenvalue weighted by Crippen LogP contribution is 2.29. The molecule has 0 saturated heterocycles. The molecule has 3 aromatic rings. The molecule has 0 aliphatic carbocycles.